The number of aromatic nitrogens is 2. The molecule has 0 amide bonds. The zero-order chi connectivity index (χ0) is 9.30. The third-order valence-corrected chi connectivity index (χ3v) is 1.96. The quantitative estimate of drug-likeness (QED) is 0.714. The van der Waals surface area contributed by atoms with Crippen LogP contribution in [-0.2, 0) is 0 Å². The lowest BCUT2D eigenvalue weighted by atomic mass is 10.0. The second-order valence-electron chi connectivity index (χ2n) is 3.10. The third kappa shape index (κ3) is 2.67. The van der Waals surface area contributed by atoms with Gasteiger partial charge in [0.05, 0.1) is 0 Å². The van der Waals surface area contributed by atoms with Crippen molar-refractivity contribution in [3.05, 3.63) is 26.4 Å². The van der Waals surface area contributed by atoms with Crippen LogP contribution in [0.4, 0.5) is 0 Å². The van der Waals surface area contributed by atoms with Gasteiger partial charge in [0.25, 0.3) is 5.56 Å². The molecular formula is C8H13ClN2OS. The molecule has 0 aliphatic rings. The highest BCUT2D eigenvalue weighted by atomic mass is 35.5. The molecule has 2 N–H and O–H groups in total. The molecular weight excluding hydrogens is 208 g/mol. The van der Waals surface area contributed by atoms with Crippen LogP contribution in [0, 0.1) is 11.7 Å². The molecule has 1 aromatic rings. The molecule has 0 aliphatic carbocycles. The molecule has 1 aromatic heterocycles. The summed E-state index contributed by atoms with van der Waals surface area (Å²) >= 11 is 4.82. The SMILES string of the molecule is Cc1[nH]c(=S)[nH]c(=O)c1C(C)C.Cl. The summed E-state index contributed by atoms with van der Waals surface area (Å²) in [5.41, 5.74) is 1.56. The van der Waals surface area contributed by atoms with Crippen LogP contribution < -0.4 is 5.56 Å². The van der Waals surface area contributed by atoms with Crippen molar-refractivity contribution >= 4 is 24.6 Å². The van der Waals surface area contributed by atoms with Crippen molar-refractivity contribution in [3.8, 4) is 0 Å². The van der Waals surface area contributed by atoms with Gasteiger partial charge >= 0.3 is 0 Å². The zero-order valence-electron chi connectivity index (χ0n) is 7.80. The summed E-state index contributed by atoms with van der Waals surface area (Å²) in [5, 5.41) is 0. The molecule has 1 heterocycles. The van der Waals surface area contributed by atoms with E-state index >= 15 is 0 Å². The standard InChI is InChI=1S/C8H12N2OS.ClH/c1-4(2)6-5(3)9-8(12)10-7(6)11;/h4H,1-3H3,(H2,9,10,11,12);1H. The van der Waals surface area contributed by atoms with Gasteiger partial charge in [-0.2, -0.15) is 0 Å². The lowest BCUT2D eigenvalue weighted by molar-refractivity contribution is 0.808. The Morgan fingerprint density at radius 3 is 2.23 bits per heavy atom. The molecule has 1 rings (SSSR count). The first-order valence-corrected chi connectivity index (χ1v) is 4.26. The summed E-state index contributed by atoms with van der Waals surface area (Å²) in [6, 6.07) is 0. The van der Waals surface area contributed by atoms with Gasteiger partial charge in [-0.3, -0.25) is 9.78 Å². The highest BCUT2D eigenvalue weighted by Crippen LogP contribution is 2.10. The van der Waals surface area contributed by atoms with Gasteiger partial charge in [-0.05, 0) is 25.1 Å². The normalized spacial score (nSPS) is 9.85. The van der Waals surface area contributed by atoms with Crippen LogP contribution in [0.5, 0.6) is 0 Å². The molecule has 0 fully saturated rings. The van der Waals surface area contributed by atoms with Crippen molar-refractivity contribution in [1.29, 1.82) is 0 Å². The molecule has 3 nitrogen and oxygen atoms in total. The fourth-order valence-corrected chi connectivity index (χ4v) is 1.55. The van der Waals surface area contributed by atoms with Gasteiger partial charge in [-0.15, -0.1) is 12.4 Å². The molecule has 0 saturated heterocycles. The largest absolute Gasteiger partial charge is 0.336 e. The van der Waals surface area contributed by atoms with E-state index in [2.05, 4.69) is 9.97 Å². The molecule has 0 aliphatic heterocycles. The van der Waals surface area contributed by atoms with Crippen LogP contribution >= 0.6 is 24.6 Å². The van der Waals surface area contributed by atoms with E-state index < -0.39 is 0 Å². The number of aromatic amines is 2. The van der Waals surface area contributed by atoms with E-state index in [1.54, 1.807) is 0 Å². The average Bonchev–Trinajstić information content (AvgIpc) is 1.82. The summed E-state index contributed by atoms with van der Waals surface area (Å²) in [6.07, 6.45) is 0. The molecule has 0 spiro atoms. The minimum Gasteiger partial charge on any atom is -0.336 e. The first-order valence-electron chi connectivity index (χ1n) is 3.85. The van der Waals surface area contributed by atoms with E-state index in [-0.39, 0.29) is 23.9 Å². The molecule has 0 atom stereocenters. The summed E-state index contributed by atoms with van der Waals surface area (Å²) in [6.45, 7) is 5.82. The van der Waals surface area contributed by atoms with Crippen molar-refractivity contribution in [2.24, 2.45) is 0 Å². The lowest BCUT2D eigenvalue weighted by Gasteiger charge is -2.06. The summed E-state index contributed by atoms with van der Waals surface area (Å²) in [5.74, 6) is 0.223. The Morgan fingerprint density at radius 1 is 1.31 bits per heavy atom. The van der Waals surface area contributed by atoms with Crippen LogP contribution in [0.15, 0.2) is 4.79 Å². The van der Waals surface area contributed by atoms with E-state index in [1.165, 1.54) is 0 Å². The number of halogens is 1. The summed E-state index contributed by atoms with van der Waals surface area (Å²) in [4.78, 5) is 16.8. The lowest BCUT2D eigenvalue weighted by Crippen LogP contribution is -2.17. The predicted octanol–water partition coefficient (Wildman–Crippen LogP) is 2.29. The third-order valence-electron chi connectivity index (χ3n) is 1.75. The van der Waals surface area contributed by atoms with Crippen molar-refractivity contribution in [3.63, 3.8) is 0 Å². The monoisotopic (exact) mass is 220 g/mol. The van der Waals surface area contributed by atoms with Gasteiger partial charge in [0.2, 0.25) is 0 Å². The van der Waals surface area contributed by atoms with Gasteiger partial charge in [0, 0.05) is 11.3 Å². The van der Waals surface area contributed by atoms with Gasteiger partial charge in [-0.1, -0.05) is 13.8 Å². The molecule has 5 heteroatoms. The van der Waals surface area contributed by atoms with E-state index in [4.69, 9.17) is 12.2 Å². The molecule has 0 bridgehead atoms. The maximum Gasteiger partial charge on any atom is 0.255 e. The van der Waals surface area contributed by atoms with Crippen molar-refractivity contribution < 1.29 is 0 Å². The topological polar surface area (TPSA) is 48.6 Å². The van der Waals surface area contributed by atoms with E-state index in [0.717, 1.165) is 11.3 Å². The highest BCUT2D eigenvalue weighted by Gasteiger charge is 2.07. The molecule has 0 saturated carbocycles. The molecule has 0 radical (unpaired) electrons. The number of hydrogen-bond acceptors (Lipinski definition) is 2. The van der Waals surface area contributed by atoms with Crippen LogP contribution in [0.1, 0.15) is 31.0 Å². The highest BCUT2D eigenvalue weighted by molar-refractivity contribution is 7.71. The van der Waals surface area contributed by atoms with E-state index in [0.29, 0.717) is 4.77 Å². The Bertz CT molecular complexity index is 394. The minimum absolute atomic E-state index is 0. The molecule has 0 unspecified atom stereocenters. The van der Waals surface area contributed by atoms with Crippen LogP contribution in [0.2, 0.25) is 0 Å². The Kier molecular flexibility index (Phi) is 4.36. The number of hydrogen-bond donors (Lipinski definition) is 2. The van der Waals surface area contributed by atoms with E-state index in [9.17, 15) is 4.79 Å². The summed E-state index contributed by atoms with van der Waals surface area (Å²) in [7, 11) is 0. The summed E-state index contributed by atoms with van der Waals surface area (Å²) < 4.78 is 0.391. The number of H-pyrrole nitrogens is 2. The second-order valence-corrected chi connectivity index (χ2v) is 3.51. The number of aryl methyl sites for hydroxylation is 1. The van der Waals surface area contributed by atoms with Gasteiger partial charge < -0.3 is 4.98 Å². The first kappa shape index (κ1) is 12.4. The Morgan fingerprint density at radius 2 is 1.85 bits per heavy atom. The predicted molar refractivity (Wildman–Crippen MR) is 58.3 cm³/mol. The maximum absolute atomic E-state index is 11.4. The minimum atomic E-state index is -0.0775. The fraction of sp³-hybridized carbons (Fsp3) is 0.500. The van der Waals surface area contributed by atoms with Gasteiger partial charge in [-0.25, -0.2) is 0 Å². The molecule has 13 heavy (non-hydrogen) atoms. The molecule has 74 valence electrons. The Balaban J connectivity index is 0.00000144. The second kappa shape index (κ2) is 4.58. The zero-order valence-corrected chi connectivity index (χ0v) is 9.44. The number of nitrogens with one attached hydrogen (secondary N) is 2. The smallest absolute Gasteiger partial charge is 0.255 e. The first-order chi connectivity index (χ1) is 5.52. The van der Waals surface area contributed by atoms with Gasteiger partial charge in [0.1, 0.15) is 0 Å². The number of rotatable bonds is 1. The Hall–Kier alpha value is -0.610. The van der Waals surface area contributed by atoms with E-state index in [1.807, 2.05) is 20.8 Å². The fourth-order valence-electron chi connectivity index (χ4n) is 1.30. The van der Waals surface area contributed by atoms with Crippen molar-refractivity contribution in [1.82, 2.24) is 9.97 Å². The van der Waals surface area contributed by atoms with Crippen LogP contribution in [0.25, 0.3) is 0 Å². The molecule has 0 aromatic carbocycles. The van der Waals surface area contributed by atoms with Crippen molar-refractivity contribution in [2.75, 3.05) is 0 Å². The Labute approximate surface area is 88.0 Å². The van der Waals surface area contributed by atoms with Crippen molar-refractivity contribution in [2.45, 2.75) is 26.7 Å². The van der Waals surface area contributed by atoms with Crippen LogP contribution in [0.3, 0.4) is 0 Å². The van der Waals surface area contributed by atoms with Crippen LogP contribution in [-0.4, -0.2) is 9.97 Å². The maximum atomic E-state index is 11.4. The van der Waals surface area contributed by atoms with Gasteiger partial charge in [0.15, 0.2) is 4.77 Å². The average molecular weight is 221 g/mol.